The Bertz CT molecular complexity index is 3470. The summed E-state index contributed by atoms with van der Waals surface area (Å²) in [5, 5.41) is 12.9. The van der Waals surface area contributed by atoms with Crippen molar-refractivity contribution in [2.45, 2.75) is 19.3 Å². The van der Waals surface area contributed by atoms with Crippen LogP contribution in [0.15, 0.2) is 206 Å². The van der Waals surface area contributed by atoms with Gasteiger partial charge in [-0.1, -0.05) is 208 Å². The van der Waals surface area contributed by atoms with Crippen molar-refractivity contribution in [3.05, 3.63) is 217 Å². The van der Waals surface area contributed by atoms with Gasteiger partial charge in [0.25, 0.3) is 0 Å². The minimum Gasteiger partial charge on any atom is -0.0616 e. The lowest BCUT2D eigenvalue weighted by molar-refractivity contribution is 0.666. The molecular formula is C59H40. The highest BCUT2D eigenvalue weighted by Gasteiger charge is 2.39. The topological polar surface area (TPSA) is 0 Å². The van der Waals surface area contributed by atoms with Gasteiger partial charge >= 0.3 is 0 Å². The maximum atomic E-state index is 2.45. The molecule has 0 bridgehead atoms. The number of hydrogen-bond acceptors (Lipinski definition) is 0. The van der Waals surface area contributed by atoms with Crippen LogP contribution in [0.5, 0.6) is 0 Å². The van der Waals surface area contributed by atoms with E-state index < -0.39 is 0 Å². The van der Waals surface area contributed by atoms with Crippen molar-refractivity contribution in [3.63, 3.8) is 0 Å². The highest BCUT2D eigenvalue weighted by atomic mass is 14.4. The zero-order valence-corrected chi connectivity index (χ0v) is 33.1. The molecular weight excluding hydrogens is 709 g/mol. The summed E-state index contributed by atoms with van der Waals surface area (Å²) < 4.78 is 0. The minimum absolute atomic E-state index is 0.159. The first-order chi connectivity index (χ1) is 29.1. The van der Waals surface area contributed by atoms with Gasteiger partial charge in [-0.15, -0.1) is 0 Å². The molecule has 0 spiro atoms. The number of fused-ring (bicyclic) bond motifs is 11. The molecule has 0 saturated carbocycles. The van der Waals surface area contributed by atoms with E-state index in [1.54, 1.807) is 0 Å². The highest BCUT2D eigenvalue weighted by Crippen LogP contribution is 2.57. The molecule has 0 saturated heterocycles. The number of hydrogen-bond donors (Lipinski definition) is 0. The van der Waals surface area contributed by atoms with Crippen LogP contribution in [0.2, 0.25) is 0 Å². The van der Waals surface area contributed by atoms with Gasteiger partial charge in [0.05, 0.1) is 0 Å². The molecule has 0 aliphatic heterocycles. The lowest BCUT2D eigenvalue weighted by atomic mass is 9.79. The first-order valence-corrected chi connectivity index (χ1v) is 20.8. The van der Waals surface area contributed by atoms with E-state index in [0.717, 1.165) is 0 Å². The Morgan fingerprint density at radius 1 is 0.271 bits per heavy atom. The lowest BCUT2D eigenvalue weighted by Gasteiger charge is -2.24. The van der Waals surface area contributed by atoms with Crippen LogP contribution in [-0.4, -0.2) is 0 Å². The Labute approximate surface area is 344 Å². The van der Waals surface area contributed by atoms with Gasteiger partial charge in [0, 0.05) is 5.41 Å². The van der Waals surface area contributed by atoms with Gasteiger partial charge in [0.15, 0.2) is 0 Å². The van der Waals surface area contributed by atoms with Crippen molar-refractivity contribution >= 4 is 53.9 Å². The second-order valence-electron chi connectivity index (χ2n) is 16.7. The SMILES string of the molecule is CC1(C)c2cccc(-c3cccc(-c4c5ccccc5c(-c5ccccc5-c5ccc6ccccc6c5)c5ccccc45)c3)c2-c2c1c1ccccc1c1ccccc21. The van der Waals surface area contributed by atoms with Crippen LogP contribution < -0.4 is 0 Å². The van der Waals surface area contributed by atoms with Gasteiger partial charge in [0.2, 0.25) is 0 Å². The molecule has 1 aliphatic rings. The normalized spacial score (nSPS) is 13.1. The molecule has 11 aromatic carbocycles. The summed E-state index contributed by atoms with van der Waals surface area (Å²) in [6.07, 6.45) is 0. The van der Waals surface area contributed by atoms with Gasteiger partial charge in [0.1, 0.15) is 0 Å². The van der Waals surface area contributed by atoms with Crippen LogP contribution >= 0.6 is 0 Å². The average Bonchev–Trinajstić information content (AvgIpc) is 3.55. The summed E-state index contributed by atoms with van der Waals surface area (Å²) in [6, 6.07) is 76.8. The molecule has 0 atom stereocenters. The predicted octanol–water partition coefficient (Wildman–Crippen LogP) is 16.4. The van der Waals surface area contributed by atoms with Crippen LogP contribution in [0.3, 0.4) is 0 Å². The zero-order valence-electron chi connectivity index (χ0n) is 33.1. The molecule has 1 aliphatic carbocycles. The van der Waals surface area contributed by atoms with Crippen molar-refractivity contribution in [3.8, 4) is 55.6 Å². The maximum Gasteiger partial charge on any atom is 0.0165 e. The third-order valence-electron chi connectivity index (χ3n) is 13.2. The van der Waals surface area contributed by atoms with E-state index in [0.29, 0.717) is 0 Å². The molecule has 0 fully saturated rings. The number of rotatable bonds is 4. The fourth-order valence-corrected chi connectivity index (χ4v) is 10.6. The van der Waals surface area contributed by atoms with Crippen LogP contribution in [-0.2, 0) is 5.41 Å². The van der Waals surface area contributed by atoms with Crippen molar-refractivity contribution in [1.82, 2.24) is 0 Å². The van der Waals surface area contributed by atoms with E-state index in [4.69, 9.17) is 0 Å². The second kappa shape index (κ2) is 12.9. The Hall–Kier alpha value is -7.28. The van der Waals surface area contributed by atoms with Crippen LogP contribution in [0.1, 0.15) is 25.0 Å². The van der Waals surface area contributed by atoms with Crippen LogP contribution in [0.4, 0.5) is 0 Å². The molecule has 0 heteroatoms. The molecule has 0 aromatic heterocycles. The fraction of sp³-hybridized carbons (Fsp3) is 0.0508. The van der Waals surface area contributed by atoms with Gasteiger partial charge in [-0.2, -0.15) is 0 Å². The minimum atomic E-state index is -0.159. The quantitative estimate of drug-likeness (QED) is 0.124. The second-order valence-corrected chi connectivity index (χ2v) is 16.7. The molecule has 12 rings (SSSR count). The van der Waals surface area contributed by atoms with Gasteiger partial charge in [-0.3, -0.25) is 0 Å². The molecule has 0 N–H and O–H groups in total. The van der Waals surface area contributed by atoms with E-state index in [1.807, 2.05) is 0 Å². The fourth-order valence-electron chi connectivity index (χ4n) is 10.6. The first-order valence-electron chi connectivity index (χ1n) is 20.8. The lowest BCUT2D eigenvalue weighted by Crippen LogP contribution is -2.15. The predicted molar refractivity (Wildman–Crippen MR) is 253 cm³/mol. The van der Waals surface area contributed by atoms with Crippen LogP contribution in [0.25, 0.3) is 109 Å². The summed E-state index contributed by atoms with van der Waals surface area (Å²) >= 11 is 0. The summed E-state index contributed by atoms with van der Waals surface area (Å²) in [6.45, 7) is 4.83. The third-order valence-corrected chi connectivity index (χ3v) is 13.2. The van der Waals surface area contributed by atoms with E-state index in [-0.39, 0.29) is 5.41 Å². The standard InChI is InChI=1S/C59H40/c1-59(2)53-32-16-31-43(56(53)57-47-25-9-6-22-44(47)45-23-7-14-30-52(45)58(57)59)39-19-15-20-41(36-39)54-48-26-10-12-28-50(48)55(51-29-13-11-27-49(51)54)46-24-8-5-21-42(46)40-34-33-37-17-3-4-18-38(37)35-40/h3-36H,1-2H3. The van der Waals surface area contributed by atoms with E-state index >= 15 is 0 Å². The van der Waals surface area contributed by atoms with E-state index in [1.165, 1.54) is 121 Å². The molecule has 0 nitrogen and oxygen atoms in total. The molecule has 0 radical (unpaired) electrons. The largest absolute Gasteiger partial charge is 0.0616 e. The molecule has 11 aromatic rings. The van der Waals surface area contributed by atoms with E-state index in [2.05, 4.69) is 220 Å². The monoisotopic (exact) mass is 748 g/mol. The van der Waals surface area contributed by atoms with Gasteiger partial charge < -0.3 is 0 Å². The zero-order chi connectivity index (χ0) is 39.2. The molecule has 276 valence electrons. The average molecular weight is 749 g/mol. The third kappa shape index (κ3) is 4.96. The Kier molecular flexibility index (Phi) is 7.38. The maximum absolute atomic E-state index is 2.45. The van der Waals surface area contributed by atoms with Crippen molar-refractivity contribution < 1.29 is 0 Å². The number of benzene rings is 11. The summed E-state index contributed by atoms with van der Waals surface area (Å²) in [4.78, 5) is 0. The Balaban J connectivity index is 1.09. The first kappa shape index (κ1) is 33.8. The molecule has 0 heterocycles. The Morgan fingerprint density at radius 2 is 0.746 bits per heavy atom. The van der Waals surface area contributed by atoms with E-state index in [9.17, 15) is 0 Å². The van der Waals surface area contributed by atoms with Crippen molar-refractivity contribution in [2.75, 3.05) is 0 Å². The molecule has 0 unspecified atom stereocenters. The summed E-state index contributed by atoms with van der Waals surface area (Å²) in [5.41, 5.74) is 15.4. The smallest absolute Gasteiger partial charge is 0.0165 e. The van der Waals surface area contributed by atoms with Gasteiger partial charge in [-0.25, -0.2) is 0 Å². The summed E-state index contributed by atoms with van der Waals surface area (Å²) in [7, 11) is 0. The highest BCUT2D eigenvalue weighted by molar-refractivity contribution is 6.23. The van der Waals surface area contributed by atoms with Crippen molar-refractivity contribution in [2.24, 2.45) is 0 Å². The summed E-state index contributed by atoms with van der Waals surface area (Å²) in [5.74, 6) is 0. The molecule has 0 amide bonds. The van der Waals surface area contributed by atoms with Gasteiger partial charge in [-0.05, 0) is 133 Å². The Morgan fingerprint density at radius 3 is 1.44 bits per heavy atom. The van der Waals surface area contributed by atoms with Crippen LogP contribution in [0, 0.1) is 0 Å². The van der Waals surface area contributed by atoms with Crippen molar-refractivity contribution in [1.29, 1.82) is 0 Å². The molecule has 59 heavy (non-hydrogen) atoms.